The lowest BCUT2D eigenvalue weighted by Gasteiger charge is -2.19. The van der Waals surface area contributed by atoms with E-state index in [4.69, 9.17) is 5.26 Å². The summed E-state index contributed by atoms with van der Waals surface area (Å²) in [6, 6.07) is 0. The third kappa shape index (κ3) is 1.51. The minimum absolute atomic E-state index is 0.113. The fraction of sp³-hybridized carbons (Fsp3) is 0.750. The Bertz CT molecular complexity index is 199. The summed E-state index contributed by atoms with van der Waals surface area (Å²) in [5.41, 5.74) is -0.268. The summed E-state index contributed by atoms with van der Waals surface area (Å²) in [4.78, 5) is 11.2. The van der Waals surface area contributed by atoms with E-state index in [0.29, 0.717) is 0 Å². The van der Waals surface area contributed by atoms with Crippen molar-refractivity contribution in [1.82, 2.24) is 5.32 Å². The minimum Gasteiger partial charge on any atom is -0.273 e. The minimum atomic E-state index is -0.268. The van der Waals surface area contributed by atoms with Gasteiger partial charge in [0.05, 0.1) is 0 Å². The normalized spacial score (nSPS) is 20.7. The van der Waals surface area contributed by atoms with E-state index in [2.05, 4.69) is 5.32 Å². The number of nitrogens with zero attached hydrogens (tertiary/aromatic N) is 1. The standard InChI is InChI=1S/C8H12N2O/c1-8(4-2-3-5-8)7(11)10-6-9/h2-5H2,1H3,(H,10,11). The van der Waals surface area contributed by atoms with Crippen molar-refractivity contribution < 1.29 is 4.79 Å². The Morgan fingerprint density at radius 2 is 2.09 bits per heavy atom. The first-order valence-electron chi connectivity index (χ1n) is 3.88. The van der Waals surface area contributed by atoms with Crippen LogP contribution >= 0.6 is 0 Å². The molecule has 1 N–H and O–H groups in total. The second-order valence-electron chi connectivity index (χ2n) is 3.33. The van der Waals surface area contributed by atoms with Gasteiger partial charge in [0.15, 0.2) is 6.19 Å². The topological polar surface area (TPSA) is 52.9 Å². The number of carbonyl (C=O) groups is 1. The highest BCUT2D eigenvalue weighted by Crippen LogP contribution is 2.37. The van der Waals surface area contributed by atoms with Crippen molar-refractivity contribution in [3.8, 4) is 6.19 Å². The Hall–Kier alpha value is -1.04. The van der Waals surface area contributed by atoms with Crippen molar-refractivity contribution in [3.63, 3.8) is 0 Å². The van der Waals surface area contributed by atoms with Gasteiger partial charge in [-0.3, -0.25) is 10.1 Å². The quantitative estimate of drug-likeness (QED) is 0.453. The molecule has 0 aromatic carbocycles. The molecule has 0 atom stereocenters. The lowest BCUT2D eigenvalue weighted by atomic mass is 9.88. The van der Waals surface area contributed by atoms with Gasteiger partial charge in [0.2, 0.25) is 5.91 Å². The molecule has 1 amide bonds. The molecule has 0 heterocycles. The highest BCUT2D eigenvalue weighted by atomic mass is 16.2. The Kier molecular flexibility index (Phi) is 2.13. The zero-order valence-electron chi connectivity index (χ0n) is 6.68. The SMILES string of the molecule is CC1(C(=O)NC#N)CCCC1. The van der Waals surface area contributed by atoms with Gasteiger partial charge in [-0.05, 0) is 12.8 Å². The Morgan fingerprint density at radius 3 is 2.55 bits per heavy atom. The first-order chi connectivity index (χ1) is 5.19. The van der Waals surface area contributed by atoms with Crippen molar-refractivity contribution in [2.75, 3.05) is 0 Å². The lowest BCUT2D eigenvalue weighted by molar-refractivity contribution is -0.128. The summed E-state index contributed by atoms with van der Waals surface area (Å²) in [5.74, 6) is -0.113. The van der Waals surface area contributed by atoms with Gasteiger partial charge in [0.1, 0.15) is 0 Å². The zero-order chi connectivity index (χ0) is 8.32. The summed E-state index contributed by atoms with van der Waals surface area (Å²) in [7, 11) is 0. The first kappa shape index (κ1) is 8.06. The van der Waals surface area contributed by atoms with E-state index < -0.39 is 0 Å². The van der Waals surface area contributed by atoms with Crippen molar-refractivity contribution in [2.24, 2.45) is 5.41 Å². The maximum Gasteiger partial charge on any atom is 0.238 e. The third-order valence-electron chi connectivity index (χ3n) is 2.42. The van der Waals surface area contributed by atoms with Crippen LogP contribution in [0.5, 0.6) is 0 Å². The average Bonchev–Trinajstić information content (AvgIpc) is 2.38. The molecule has 60 valence electrons. The lowest BCUT2D eigenvalue weighted by Crippen LogP contribution is -2.34. The molecule has 0 aromatic heterocycles. The Balaban J connectivity index is 2.58. The zero-order valence-corrected chi connectivity index (χ0v) is 6.68. The van der Waals surface area contributed by atoms with Gasteiger partial charge in [-0.25, -0.2) is 0 Å². The molecular formula is C8H12N2O. The number of nitrogens with one attached hydrogen (secondary N) is 1. The smallest absolute Gasteiger partial charge is 0.238 e. The maximum absolute atomic E-state index is 11.2. The van der Waals surface area contributed by atoms with Crippen LogP contribution in [-0.2, 0) is 4.79 Å². The van der Waals surface area contributed by atoms with Gasteiger partial charge in [-0.2, -0.15) is 5.26 Å². The molecule has 11 heavy (non-hydrogen) atoms. The van der Waals surface area contributed by atoms with Gasteiger partial charge in [0, 0.05) is 5.41 Å². The van der Waals surface area contributed by atoms with E-state index in [-0.39, 0.29) is 11.3 Å². The summed E-state index contributed by atoms with van der Waals surface area (Å²) in [6.07, 6.45) is 5.72. The second kappa shape index (κ2) is 2.91. The van der Waals surface area contributed by atoms with Gasteiger partial charge in [0.25, 0.3) is 0 Å². The molecule has 0 aromatic rings. The predicted octanol–water partition coefficient (Wildman–Crippen LogP) is 1.16. The van der Waals surface area contributed by atoms with Gasteiger partial charge >= 0.3 is 0 Å². The van der Waals surface area contributed by atoms with E-state index in [9.17, 15) is 4.79 Å². The van der Waals surface area contributed by atoms with Gasteiger partial charge < -0.3 is 0 Å². The van der Waals surface area contributed by atoms with Crippen molar-refractivity contribution in [1.29, 1.82) is 5.26 Å². The molecular weight excluding hydrogens is 140 g/mol. The highest BCUT2D eigenvalue weighted by Gasteiger charge is 2.35. The van der Waals surface area contributed by atoms with Crippen LogP contribution in [-0.4, -0.2) is 5.91 Å². The maximum atomic E-state index is 11.2. The van der Waals surface area contributed by atoms with Crippen LogP contribution < -0.4 is 5.32 Å². The molecule has 1 rings (SSSR count). The number of hydrogen-bond donors (Lipinski definition) is 1. The largest absolute Gasteiger partial charge is 0.273 e. The number of rotatable bonds is 1. The average molecular weight is 152 g/mol. The van der Waals surface area contributed by atoms with Crippen LogP contribution in [0.4, 0.5) is 0 Å². The molecule has 0 spiro atoms. The molecule has 1 aliphatic rings. The summed E-state index contributed by atoms with van der Waals surface area (Å²) in [5, 5.41) is 10.4. The molecule has 1 saturated carbocycles. The van der Waals surface area contributed by atoms with Crippen LogP contribution in [0.2, 0.25) is 0 Å². The van der Waals surface area contributed by atoms with Crippen molar-refractivity contribution >= 4 is 5.91 Å². The number of amides is 1. The molecule has 3 nitrogen and oxygen atoms in total. The summed E-state index contributed by atoms with van der Waals surface area (Å²) < 4.78 is 0. The van der Waals surface area contributed by atoms with E-state index in [1.54, 1.807) is 6.19 Å². The summed E-state index contributed by atoms with van der Waals surface area (Å²) in [6.45, 7) is 1.92. The molecule has 0 unspecified atom stereocenters. The van der Waals surface area contributed by atoms with Crippen LogP contribution in [0.15, 0.2) is 0 Å². The number of nitriles is 1. The number of carbonyl (C=O) groups excluding carboxylic acids is 1. The van der Waals surface area contributed by atoms with E-state index >= 15 is 0 Å². The van der Waals surface area contributed by atoms with Crippen LogP contribution in [0.3, 0.4) is 0 Å². The predicted molar refractivity (Wildman–Crippen MR) is 40.3 cm³/mol. The fourth-order valence-electron chi connectivity index (χ4n) is 1.58. The number of hydrogen-bond acceptors (Lipinski definition) is 2. The van der Waals surface area contributed by atoms with Crippen LogP contribution in [0, 0.1) is 16.9 Å². The van der Waals surface area contributed by atoms with Crippen LogP contribution in [0.1, 0.15) is 32.6 Å². The highest BCUT2D eigenvalue weighted by molar-refractivity contribution is 5.83. The van der Waals surface area contributed by atoms with Crippen molar-refractivity contribution in [3.05, 3.63) is 0 Å². The van der Waals surface area contributed by atoms with E-state index in [1.165, 1.54) is 0 Å². The Morgan fingerprint density at radius 1 is 1.55 bits per heavy atom. The molecule has 0 saturated heterocycles. The van der Waals surface area contributed by atoms with E-state index in [0.717, 1.165) is 25.7 Å². The first-order valence-corrected chi connectivity index (χ1v) is 3.88. The van der Waals surface area contributed by atoms with Gasteiger partial charge in [-0.1, -0.05) is 19.8 Å². The Labute approximate surface area is 66.4 Å². The molecule has 3 heteroatoms. The summed E-state index contributed by atoms with van der Waals surface area (Å²) >= 11 is 0. The molecule has 1 aliphatic carbocycles. The van der Waals surface area contributed by atoms with Crippen LogP contribution in [0.25, 0.3) is 0 Å². The fourth-order valence-corrected chi connectivity index (χ4v) is 1.58. The molecule has 0 bridgehead atoms. The second-order valence-corrected chi connectivity index (χ2v) is 3.33. The van der Waals surface area contributed by atoms with Crippen molar-refractivity contribution in [2.45, 2.75) is 32.6 Å². The molecule has 1 fully saturated rings. The van der Waals surface area contributed by atoms with Gasteiger partial charge in [-0.15, -0.1) is 0 Å². The van der Waals surface area contributed by atoms with E-state index in [1.807, 2.05) is 6.92 Å². The monoisotopic (exact) mass is 152 g/mol. The third-order valence-corrected chi connectivity index (χ3v) is 2.42. The molecule has 0 radical (unpaired) electrons. The molecule has 0 aliphatic heterocycles.